The Kier molecular flexibility index (Phi) is 4.98. The largest absolute Gasteiger partial charge is 0.465 e. The summed E-state index contributed by atoms with van der Waals surface area (Å²) < 4.78 is 0. The molecule has 98 valence electrons. The Balaban J connectivity index is 2.35. The highest BCUT2D eigenvalue weighted by molar-refractivity contribution is 5.93. The van der Waals surface area contributed by atoms with Crippen molar-refractivity contribution in [1.29, 1.82) is 0 Å². The van der Waals surface area contributed by atoms with Crippen molar-refractivity contribution in [2.24, 2.45) is 0 Å². The van der Waals surface area contributed by atoms with Crippen LogP contribution in [0.4, 0.5) is 16.2 Å². The molecule has 18 heavy (non-hydrogen) atoms. The molecule has 0 saturated carbocycles. The molecule has 0 atom stereocenters. The van der Waals surface area contributed by atoms with E-state index in [-0.39, 0.29) is 12.3 Å². The zero-order valence-electron chi connectivity index (χ0n) is 10.2. The van der Waals surface area contributed by atoms with Crippen molar-refractivity contribution in [3.8, 4) is 0 Å². The molecule has 1 aromatic carbocycles. The SMILES string of the molecule is CN(CCCC(=O)Nc1ccccc1N)C(=O)O. The van der Waals surface area contributed by atoms with E-state index in [1.807, 2.05) is 0 Å². The number of benzene rings is 1. The van der Waals surface area contributed by atoms with E-state index >= 15 is 0 Å². The second kappa shape index (κ2) is 6.48. The van der Waals surface area contributed by atoms with E-state index in [2.05, 4.69) is 5.32 Å². The van der Waals surface area contributed by atoms with Gasteiger partial charge in [0.05, 0.1) is 11.4 Å². The topological polar surface area (TPSA) is 95.7 Å². The van der Waals surface area contributed by atoms with Crippen LogP contribution >= 0.6 is 0 Å². The highest BCUT2D eigenvalue weighted by Crippen LogP contribution is 2.16. The first kappa shape index (κ1) is 13.8. The van der Waals surface area contributed by atoms with Crippen LogP contribution in [0.5, 0.6) is 0 Å². The number of nitrogen functional groups attached to an aromatic ring is 1. The van der Waals surface area contributed by atoms with E-state index in [1.165, 1.54) is 7.05 Å². The summed E-state index contributed by atoms with van der Waals surface area (Å²) in [6.45, 7) is 0.326. The maximum Gasteiger partial charge on any atom is 0.407 e. The summed E-state index contributed by atoms with van der Waals surface area (Å²) >= 11 is 0. The number of para-hydroxylation sites is 2. The number of nitrogens with one attached hydrogen (secondary N) is 1. The number of hydrogen-bond donors (Lipinski definition) is 3. The lowest BCUT2D eigenvalue weighted by atomic mass is 10.2. The predicted molar refractivity (Wildman–Crippen MR) is 69.4 cm³/mol. The lowest BCUT2D eigenvalue weighted by Crippen LogP contribution is -2.26. The number of rotatable bonds is 5. The molecule has 4 N–H and O–H groups in total. The zero-order chi connectivity index (χ0) is 13.5. The minimum absolute atomic E-state index is 0.174. The highest BCUT2D eigenvalue weighted by Gasteiger charge is 2.08. The van der Waals surface area contributed by atoms with Crippen LogP contribution < -0.4 is 11.1 Å². The lowest BCUT2D eigenvalue weighted by Gasteiger charge is -2.12. The van der Waals surface area contributed by atoms with Crippen molar-refractivity contribution in [3.05, 3.63) is 24.3 Å². The molecule has 0 aromatic heterocycles. The fraction of sp³-hybridized carbons (Fsp3) is 0.333. The Labute approximate surface area is 105 Å². The van der Waals surface area contributed by atoms with Crippen LogP contribution in [-0.4, -0.2) is 35.6 Å². The molecule has 0 saturated heterocycles. The van der Waals surface area contributed by atoms with Crippen LogP contribution in [0.25, 0.3) is 0 Å². The molecular weight excluding hydrogens is 234 g/mol. The normalized spacial score (nSPS) is 9.83. The maximum atomic E-state index is 11.6. The van der Waals surface area contributed by atoms with Gasteiger partial charge >= 0.3 is 6.09 Å². The third-order valence-electron chi connectivity index (χ3n) is 2.46. The van der Waals surface area contributed by atoms with E-state index in [4.69, 9.17) is 10.8 Å². The third kappa shape index (κ3) is 4.32. The molecule has 0 aliphatic rings. The van der Waals surface area contributed by atoms with Gasteiger partial charge in [0, 0.05) is 20.0 Å². The summed E-state index contributed by atoms with van der Waals surface area (Å²) in [4.78, 5) is 23.2. The first-order valence-electron chi connectivity index (χ1n) is 5.59. The summed E-state index contributed by atoms with van der Waals surface area (Å²) in [7, 11) is 1.47. The molecule has 0 fully saturated rings. The molecule has 0 radical (unpaired) electrons. The van der Waals surface area contributed by atoms with Gasteiger partial charge in [-0.25, -0.2) is 4.79 Å². The lowest BCUT2D eigenvalue weighted by molar-refractivity contribution is -0.116. The molecule has 1 rings (SSSR count). The molecular formula is C12H17N3O3. The van der Waals surface area contributed by atoms with Gasteiger partial charge in [-0.15, -0.1) is 0 Å². The fourth-order valence-corrected chi connectivity index (χ4v) is 1.40. The van der Waals surface area contributed by atoms with E-state index < -0.39 is 6.09 Å². The third-order valence-corrected chi connectivity index (χ3v) is 2.46. The number of anilines is 2. The van der Waals surface area contributed by atoms with E-state index in [0.29, 0.717) is 24.3 Å². The van der Waals surface area contributed by atoms with Crippen molar-refractivity contribution < 1.29 is 14.7 Å². The summed E-state index contributed by atoms with van der Waals surface area (Å²) in [5.74, 6) is -0.174. The average Bonchev–Trinajstić information content (AvgIpc) is 2.32. The van der Waals surface area contributed by atoms with Gasteiger partial charge < -0.3 is 21.1 Å². The molecule has 0 bridgehead atoms. The predicted octanol–water partition coefficient (Wildman–Crippen LogP) is 1.60. The summed E-state index contributed by atoms with van der Waals surface area (Å²) in [5, 5.41) is 11.3. The van der Waals surface area contributed by atoms with Gasteiger partial charge in [-0.1, -0.05) is 12.1 Å². The molecule has 0 spiro atoms. The second-order valence-electron chi connectivity index (χ2n) is 3.94. The second-order valence-corrected chi connectivity index (χ2v) is 3.94. The minimum Gasteiger partial charge on any atom is -0.465 e. The number of nitrogens with zero attached hydrogens (tertiary/aromatic N) is 1. The molecule has 2 amide bonds. The number of carbonyl (C=O) groups excluding carboxylic acids is 1. The van der Waals surface area contributed by atoms with Gasteiger partial charge in [0.1, 0.15) is 0 Å². The van der Waals surface area contributed by atoms with Crippen molar-refractivity contribution >= 4 is 23.4 Å². The highest BCUT2D eigenvalue weighted by atomic mass is 16.4. The van der Waals surface area contributed by atoms with Crippen LogP contribution in [0.15, 0.2) is 24.3 Å². The average molecular weight is 251 g/mol. The maximum absolute atomic E-state index is 11.6. The number of hydrogen-bond acceptors (Lipinski definition) is 3. The first-order chi connectivity index (χ1) is 8.50. The Morgan fingerprint density at radius 2 is 2.06 bits per heavy atom. The molecule has 1 aromatic rings. The number of carboxylic acid groups (broad SMARTS) is 1. The molecule has 0 heterocycles. The van der Waals surface area contributed by atoms with Crippen LogP contribution in [0.3, 0.4) is 0 Å². The van der Waals surface area contributed by atoms with Crippen molar-refractivity contribution in [2.75, 3.05) is 24.6 Å². The van der Waals surface area contributed by atoms with Gasteiger partial charge in [0.2, 0.25) is 5.91 Å². The fourth-order valence-electron chi connectivity index (χ4n) is 1.40. The Bertz CT molecular complexity index is 434. The van der Waals surface area contributed by atoms with Gasteiger partial charge in [0.25, 0.3) is 0 Å². The minimum atomic E-state index is -0.997. The Morgan fingerprint density at radius 3 is 2.67 bits per heavy atom. The molecule has 0 aliphatic heterocycles. The van der Waals surface area contributed by atoms with E-state index in [0.717, 1.165) is 4.90 Å². The van der Waals surface area contributed by atoms with Gasteiger partial charge in [-0.2, -0.15) is 0 Å². The zero-order valence-corrected chi connectivity index (χ0v) is 10.2. The summed E-state index contributed by atoms with van der Waals surface area (Å²) in [6.07, 6.45) is -0.268. The summed E-state index contributed by atoms with van der Waals surface area (Å²) in [5.41, 5.74) is 6.77. The molecule has 6 heteroatoms. The molecule has 0 aliphatic carbocycles. The molecule has 6 nitrogen and oxygen atoms in total. The summed E-state index contributed by atoms with van der Waals surface area (Å²) in [6, 6.07) is 6.99. The smallest absolute Gasteiger partial charge is 0.407 e. The van der Waals surface area contributed by atoms with Crippen LogP contribution in [0.2, 0.25) is 0 Å². The van der Waals surface area contributed by atoms with Crippen molar-refractivity contribution in [3.63, 3.8) is 0 Å². The molecule has 0 unspecified atom stereocenters. The number of amides is 2. The quantitative estimate of drug-likeness (QED) is 0.692. The van der Waals surface area contributed by atoms with Crippen molar-refractivity contribution in [2.45, 2.75) is 12.8 Å². The van der Waals surface area contributed by atoms with Crippen molar-refractivity contribution in [1.82, 2.24) is 4.90 Å². The van der Waals surface area contributed by atoms with Crippen LogP contribution in [0, 0.1) is 0 Å². The van der Waals surface area contributed by atoms with E-state index in [9.17, 15) is 9.59 Å². The van der Waals surface area contributed by atoms with E-state index in [1.54, 1.807) is 24.3 Å². The van der Waals surface area contributed by atoms with Gasteiger partial charge in [-0.05, 0) is 18.6 Å². The Hall–Kier alpha value is -2.24. The van der Waals surface area contributed by atoms with Gasteiger partial charge in [-0.3, -0.25) is 4.79 Å². The first-order valence-corrected chi connectivity index (χ1v) is 5.59. The number of nitrogens with two attached hydrogens (primary N) is 1. The standard InChI is InChI=1S/C12H17N3O3/c1-15(12(17)18)8-4-7-11(16)14-10-6-3-2-5-9(10)13/h2-3,5-6H,4,7-8,13H2,1H3,(H,14,16)(H,17,18). The van der Waals surface area contributed by atoms with Crippen LogP contribution in [-0.2, 0) is 4.79 Å². The Morgan fingerprint density at radius 1 is 1.39 bits per heavy atom. The number of carbonyl (C=O) groups is 2. The van der Waals surface area contributed by atoms with Gasteiger partial charge in [0.15, 0.2) is 0 Å². The monoisotopic (exact) mass is 251 g/mol. The van der Waals surface area contributed by atoms with Crippen LogP contribution in [0.1, 0.15) is 12.8 Å².